The molecule has 0 radical (unpaired) electrons. The molecule has 2 atom stereocenters. The smallest absolute Gasteiger partial charge is 0.253 e. The van der Waals surface area contributed by atoms with Gasteiger partial charge in [-0.3, -0.25) is 9.69 Å². The minimum Gasteiger partial charge on any atom is -0.376 e. The van der Waals surface area contributed by atoms with Gasteiger partial charge in [-0.2, -0.15) is 0 Å². The highest BCUT2D eigenvalue weighted by atomic mass is 32.1. The van der Waals surface area contributed by atoms with E-state index in [-0.39, 0.29) is 17.7 Å². The summed E-state index contributed by atoms with van der Waals surface area (Å²) in [5, 5.41) is 14.9. The van der Waals surface area contributed by atoms with Crippen LogP contribution in [0, 0.1) is 6.92 Å². The molecule has 2 fully saturated rings. The number of tetrazole rings is 1. The molecule has 39 heavy (non-hydrogen) atoms. The fourth-order valence-corrected chi connectivity index (χ4v) is 6.75. The van der Waals surface area contributed by atoms with Crippen molar-refractivity contribution >= 4 is 37.6 Å². The van der Waals surface area contributed by atoms with Crippen LogP contribution in [0.1, 0.15) is 35.8 Å². The lowest BCUT2D eigenvalue weighted by Crippen LogP contribution is -2.49. The second-order valence-corrected chi connectivity index (χ2v) is 11.4. The average molecular weight is 543 g/mol. The zero-order valence-corrected chi connectivity index (χ0v) is 22.6. The maximum Gasteiger partial charge on any atom is 0.253 e. The van der Waals surface area contributed by atoms with Crippen molar-refractivity contribution in [3.05, 3.63) is 75.8 Å². The Kier molecular flexibility index (Phi) is 6.34. The van der Waals surface area contributed by atoms with Crippen molar-refractivity contribution in [2.75, 3.05) is 37.7 Å². The molecule has 0 bridgehead atoms. The minimum absolute atomic E-state index is 0.0846. The van der Waals surface area contributed by atoms with E-state index in [9.17, 15) is 4.79 Å². The number of hydrogen-bond donors (Lipinski definition) is 1. The Morgan fingerprint density at radius 1 is 1.13 bits per heavy atom. The second-order valence-electron chi connectivity index (χ2n) is 10.4. The van der Waals surface area contributed by atoms with Crippen molar-refractivity contribution in [3.63, 3.8) is 0 Å². The molecule has 2 aliphatic heterocycles. The summed E-state index contributed by atoms with van der Waals surface area (Å²) in [7, 11) is 0. The van der Waals surface area contributed by atoms with Gasteiger partial charge in [0, 0.05) is 43.9 Å². The van der Waals surface area contributed by atoms with Gasteiger partial charge in [-0.05, 0) is 65.9 Å². The Morgan fingerprint density at radius 3 is 2.82 bits per heavy atom. The van der Waals surface area contributed by atoms with E-state index in [1.807, 2.05) is 28.9 Å². The van der Waals surface area contributed by atoms with Crippen molar-refractivity contribution in [1.29, 1.82) is 0 Å². The van der Waals surface area contributed by atoms with Gasteiger partial charge in [0.1, 0.15) is 6.04 Å². The van der Waals surface area contributed by atoms with E-state index < -0.39 is 0 Å². The van der Waals surface area contributed by atoms with Crippen LogP contribution in [0.25, 0.3) is 21.1 Å². The number of pyridine rings is 1. The number of aryl methyl sites for hydroxylation is 1. The van der Waals surface area contributed by atoms with Crippen LogP contribution in [0.3, 0.4) is 0 Å². The highest BCUT2D eigenvalue weighted by Gasteiger charge is 2.34. The zero-order chi connectivity index (χ0) is 26.3. The molecule has 0 aliphatic carbocycles. The first-order valence-corrected chi connectivity index (χ1v) is 14.3. The Labute approximate surface area is 229 Å². The fraction of sp³-hybridized carbons (Fsp3) is 0.393. The number of hydrogen-bond acceptors (Lipinski definition) is 9. The summed E-state index contributed by atoms with van der Waals surface area (Å²) in [6, 6.07) is 16.0. The Hall–Kier alpha value is -3.67. The summed E-state index contributed by atoms with van der Waals surface area (Å²) in [6.45, 7) is 6.50. The maximum atomic E-state index is 13.5. The van der Waals surface area contributed by atoms with Gasteiger partial charge < -0.3 is 14.6 Å². The molecule has 0 saturated carbocycles. The second kappa shape index (κ2) is 10.1. The molecule has 2 unspecified atom stereocenters. The average Bonchev–Trinajstić information content (AvgIpc) is 3.72. The number of nitrogens with zero attached hydrogens (tertiary/aromatic N) is 7. The van der Waals surface area contributed by atoms with Gasteiger partial charge in [-0.1, -0.05) is 35.1 Å². The lowest BCUT2D eigenvalue weighted by Gasteiger charge is -2.38. The van der Waals surface area contributed by atoms with Crippen LogP contribution in [0.4, 0.5) is 5.13 Å². The molecular formula is C28H30N8O2S. The molecule has 7 rings (SSSR count). The molecule has 3 aromatic heterocycles. The zero-order valence-electron chi connectivity index (χ0n) is 21.8. The Balaban J connectivity index is 1.23. The Bertz CT molecular complexity index is 1650. The molecule has 200 valence electrons. The molecule has 0 amide bonds. The molecule has 5 aromatic rings. The normalized spacial score (nSPS) is 19.3. The van der Waals surface area contributed by atoms with E-state index in [4.69, 9.17) is 9.72 Å². The van der Waals surface area contributed by atoms with Crippen LogP contribution in [-0.4, -0.2) is 74.0 Å². The van der Waals surface area contributed by atoms with Gasteiger partial charge in [-0.15, -0.1) is 5.10 Å². The van der Waals surface area contributed by atoms with Crippen molar-refractivity contribution in [2.24, 2.45) is 0 Å². The van der Waals surface area contributed by atoms with Gasteiger partial charge in [-0.25, -0.2) is 9.67 Å². The summed E-state index contributed by atoms with van der Waals surface area (Å²) < 4.78 is 8.91. The van der Waals surface area contributed by atoms with E-state index in [1.165, 1.54) is 4.70 Å². The van der Waals surface area contributed by atoms with E-state index >= 15 is 0 Å². The van der Waals surface area contributed by atoms with Crippen molar-refractivity contribution in [2.45, 2.75) is 38.5 Å². The third-order valence-electron chi connectivity index (χ3n) is 7.76. The quantitative estimate of drug-likeness (QED) is 0.348. The van der Waals surface area contributed by atoms with Gasteiger partial charge in [0.05, 0.1) is 22.9 Å². The van der Waals surface area contributed by atoms with E-state index in [2.05, 4.69) is 61.5 Å². The molecule has 0 spiro atoms. The number of nitrogens with one attached hydrogen (secondary N) is 1. The van der Waals surface area contributed by atoms with Gasteiger partial charge >= 0.3 is 0 Å². The number of benzene rings is 2. The van der Waals surface area contributed by atoms with Crippen molar-refractivity contribution in [3.8, 4) is 0 Å². The number of piperazine rings is 1. The molecule has 2 saturated heterocycles. The van der Waals surface area contributed by atoms with Gasteiger partial charge in [0.25, 0.3) is 5.56 Å². The molecule has 2 aliphatic rings. The van der Waals surface area contributed by atoms with E-state index in [0.717, 1.165) is 72.7 Å². The van der Waals surface area contributed by atoms with Crippen LogP contribution in [0.2, 0.25) is 0 Å². The molecule has 11 heteroatoms. The largest absolute Gasteiger partial charge is 0.376 e. The predicted molar refractivity (Wildman–Crippen MR) is 151 cm³/mol. The topological polar surface area (TPSA) is 105 Å². The van der Waals surface area contributed by atoms with Crippen LogP contribution < -0.4 is 10.5 Å². The fourth-order valence-electron chi connectivity index (χ4n) is 5.73. The molecular weight excluding hydrogens is 512 g/mol. The third kappa shape index (κ3) is 4.70. The van der Waals surface area contributed by atoms with Crippen LogP contribution in [0.15, 0.2) is 53.3 Å². The highest BCUT2D eigenvalue weighted by molar-refractivity contribution is 7.22. The van der Waals surface area contributed by atoms with Crippen molar-refractivity contribution < 1.29 is 4.74 Å². The molecule has 5 heterocycles. The number of aromatic amines is 1. The van der Waals surface area contributed by atoms with Gasteiger partial charge in [0.15, 0.2) is 11.0 Å². The van der Waals surface area contributed by atoms with Crippen LogP contribution in [0.5, 0.6) is 0 Å². The predicted octanol–water partition coefficient (Wildman–Crippen LogP) is 3.52. The van der Waals surface area contributed by atoms with Crippen molar-refractivity contribution in [1.82, 2.24) is 35.1 Å². The number of aromatic nitrogens is 6. The molecule has 10 nitrogen and oxygen atoms in total. The number of para-hydroxylation sites is 1. The number of rotatable bonds is 6. The first-order valence-electron chi connectivity index (χ1n) is 13.5. The molecule has 1 N–H and O–H groups in total. The summed E-state index contributed by atoms with van der Waals surface area (Å²) >= 11 is 1.72. The number of thiazole rings is 1. The molecule has 2 aromatic carbocycles. The summed E-state index contributed by atoms with van der Waals surface area (Å²) in [5.41, 5.74) is 3.54. The van der Waals surface area contributed by atoms with Crippen LogP contribution >= 0.6 is 11.3 Å². The number of anilines is 1. The highest BCUT2D eigenvalue weighted by Crippen LogP contribution is 2.32. The third-order valence-corrected chi connectivity index (χ3v) is 8.86. The van der Waals surface area contributed by atoms with E-state index in [0.29, 0.717) is 17.9 Å². The first-order chi connectivity index (χ1) is 19.1. The number of fused-ring (bicyclic) bond motifs is 2. The maximum absolute atomic E-state index is 13.5. The first kappa shape index (κ1) is 24.4. The summed E-state index contributed by atoms with van der Waals surface area (Å²) in [4.78, 5) is 26.2. The standard InChI is InChI=1S/C28H30N8O2S/c1-18-8-9-22-19(15-18)16-21(27(37)29-22)25(26-31-32-33-36(26)17-20-5-4-14-38-20)34-10-12-35(13-11-34)28-30-23-6-2-3-7-24(23)39-28/h2-3,6-9,15-16,20,25H,4-5,10-14,17H2,1H3,(H,29,37). The van der Waals surface area contributed by atoms with Gasteiger partial charge in [0.2, 0.25) is 0 Å². The summed E-state index contributed by atoms with van der Waals surface area (Å²) in [5.74, 6) is 0.677. The summed E-state index contributed by atoms with van der Waals surface area (Å²) in [6.07, 6.45) is 2.12. The van der Waals surface area contributed by atoms with Crippen LogP contribution in [-0.2, 0) is 11.3 Å². The minimum atomic E-state index is -0.382. The van der Waals surface area contributed by atoms with E-state index in [1.54, 1.807) is 11.3 Å². The number of ether oxygens (including phenoxy) is 1. The lowest BCUT2D eigenvalue weighted by atomic mass is 10.0. The monoisotopic (exact) mass is 542 g/mol. The Morgan fingerprint density at radius 2 is 2.00 bits per heavy atom. The lowest BCUT2D eigenvalue weighted by molar-refractivity contribution is 0.0906. The SMILES string of the molecule is Cc1ccc2[nH]c(=O)c(C(c3nnnn3CC3CCCO3)N3CCN(c4nc5ccccc5s4)CC3)cc2c1. The number of H-pyrrole nitrogens is 1.